The summed E-state index contributed by atoms with van der Waals surface area (Å²) in [5.74, 6) is -0.172. The van der Waals surface area contributed by atoms with E-state index in [0.29, 0.717) is 19.6 Å². The van der Waals surface area contributed by atoms with Gasteiger partial charge < -0.3 is 20.9 Å². The van der Waals surface area contributed by atoms with Crippen molar-refractivity contribution in [1.82, 2.24) is 5.32 Å². The molecule has 2 aliphatic carbocycles. The van der Waals surface area contributed by atoms with Crippen molar-refractivity contribution in [3.05, 3.63) is 0 Å². The second kappa shape index (κ2) is 4.72. The lowest BCUT2D eigenvalue weighted by atomic mass is 9.54. The molecule has 4 N–H and O–H groups in total. The first kappa shape index (κ1) is 14.8. The highest BCUT2D eigenvalue weighted by atomic mass is 16.5. The van der Waals surface area contributed by atoms with Gasteiger partial charge in [0.1, 0.15) is 5.54 Å². The van der Waals surface area contributed by atoms with Crippen molar-refractivity contribution in [3.8, 4) is 0 Å². The van der Waals surface area contributed by atoms with Crippen LogP contribution in [0, 0.1) is 5.41 Å². The minimum absolute atomic E-state index is 0.0278. The summed E-state index contributed by atoms with van der Waals surface area (Å²) in [7, 11) is 0. The molecule has 2 saturated carbocycles. The van der Waals surface area contributed by atoms with E-state index in [1.54, 1.807) is 0 Å². The van der Waals surface area contributed by atoms with Gasteiger partial charge in [-0.05, 0) is 26.2 Å². The van der Waals surface area contributed by atoms with Crippen molar-refractivity contribution >= 4 is 5.91 Å². The number of carbonyl (C=O) groups excluding carboxylic acids is 1. The highest BCUT2D eigenvalue weighted by molar-refractivity contribution is 5.88. The molecule has 0 aromatic heterocycles. The number of hydrogen-bond acceptors (Lipinski definition) is 4. The molecule has 0 heterocycles. The number of nitrogens with one attached hydrogen (secondary N) is 1. The first-order chi connectivity index (χ1) is 8.75. The Labute approximate surface area is 114 Å². The van der Waals surface area contributed by atoms with Crippen LogP contribution in [0.15, 0.2) is 0 Å². The number of aliphatic hydroxyl groups is 1. The second-order valence-corrected chi connectivity index (χ2v) is 6.60. The lowest BCUT2D eigenvalue weighted by molar-refractivity contribution is -0.171. The molecule has 0 spiro atoms. The van der Waals surface area contributed by atoms with Crippen LogP contribution in [0.25, 0.3) is 0 Å². The summed E-state index contributed by atoms with van der Waals surface area (Å²) in [6, 6.07) is 0. The maximum absolute atomic E-state index is 12.3. The predicted molar refractivity (Wildman–Crippen MR) is 72.5 cm³/mol. The highest BCUT2D eigenvalue weighted by Crippen LogP contribution is 2.49. The van der Waals surface area contributed by atoms with Gasteiger partial charge in [-0.3, -0.25) is 4.79 Å². The summed E-state index contributed by atoms with van der Waals surface area (Å²) >= 11 is 0. The SMILES string of the molecule is CCOC1CC(N)(C(=O)NCC2(O)CCC2)C1(C)C. The van der Waals surface area contributed by atoms with Crippen LogP contribution in [-0.4, -0.2) is 41.4 Å². The topological polar surface area (TPSA) is 84.6 Å². The molecule has 2 fully saturated rings. The summed E-state index contributed by atoms with van der Waals surface area (Å²) in [6.45, 7) is 6.81. The van der Waals surface area contributed by atoms with Crippen molar-refractivity contribution < 1.29 is 14.6 Å². The lowest BCUT2D eigenvalue weighted by Crippen LogP contribution is -2.76. The molecule has 5 nitrogen and oxygen atoms in total. The standard InChI is InChI=1S/C14H26N2O3/c1-4-19-10-8-14(15,12(10,2)3)11(17)16-9-13(18)6-5-7-13/h10,18H,4-9,15H2,1-3H3,(H,16,17). The van der Waals surface area contributed by atoms with E-state index in [1.807, 2.05) is 20.8 Å². The largest absolute Gasteiger partial charge is 0.388 e. The molecule has 0 saturated heterocycles. The summed E-state index contributed by atoms with van der Waals surface area (Å²) < 4.78 is 5.61. The van der Waals surface area contributed by atoms with Gasteiger partial charge in [0.25, 0.3) is 0 Å². The minimum Gasteiger partial charge on any atom is -0.388 e. The van der Waals surface area contributed by atoms with Crippen LogP contribution in [0.3, 0.4) is 0 Å². The highest BCUT2D eigenvalue weighted by Gasteiger charge is 2.62. The zero-order valence-electron chi connectivity index (χ0n) is 12.2. The molecule has 2 rings (SSSR count). The molecule has 19 heavy (non-hydrogen) atoms. The van der Waals surface area contributed by atoms with E-state index in [2.05, 4.69) is 5.32 Å². The normalized spacial score (nSPS) is 35.1. The van der Waals surface area contributed by atoms with Crippen LogP contribution in [0.5, 0.6) is 0 Å². The number of rotatable bonds is 5. The van der Waals surface area contributed by atoms with Crippen LogP contribution < -0.4 is 11.1 Å². The number of carbonyl (C=O) groups is 1. The van der Waals surface area contributed by atoms with Crippen molar-refractivity contribution in [2.24, 2.45) is 11.1 Å². The molecular formula is C14H26N2O3. The van der Waals surface area contributed by atoms with E-state index < -0.39 is 11.1 Å². The third kappa shape index (κ3) is 2.28. The Morgan fingerprint density at radius 2 is 2.11 bits per heavy atom. The summed E-state index contributed by atoms with van der Waals surface area (Å²) in [4.78, 5) is 12.3. The fourth-order valence-corrected chi connectivity index (χ4v) is 2.98. The smallest absolute Gasteiger partial charge is 0.240 e. The van der Waals surface area contributed by atoms with Gasteiger partial charge in [0.05, 0.1) is 11.7 Å². The monoisotopic (exact) mass is 270 g/mol. The molecule has 0 bridgehead atoms. The third-order valence-electron chi connectivity index (χ3n) is 5.10. The third-order valence-corrected chi connectivity index (χ3v) is 5.10. The molecule has 2 aliphatic rings. The summed E-state index contributed by atoms with van der Waals surface area (Å²) in [5.41, 5.74) is 4.28. The Balaban J connectivity index is 1.92. The van der Waals surface area contributed by atoms with Gasteiger partial charge in [-0.1, -0.05) is 13.8 Å². The zero-order chi connectivity index (χ0) is 14.3. The number of nitrogens with two attached hydrogens (primary N) is 1. The van der Waals surface area contributed by atoms with E-state index in [1.165, 1.54) is 0 Å². The van der Waals surface area contributed by atoms with E-state index in [0.717, 1.165) is 19.3 Å². The molecule has 0 aromatic carbocycles. The average Bonchev–Trinajstić information content (AvgIpc) is 2.33. The van der Waals surface area contributed by atoms with Crippen LogP contribution in [0.4, 0.5) is 0 Å². The van der Waals surface area contributed by atoms with Crippen LogP contribution in [0.1, 0.15) is 46.5 Å². The van der Waals surface area contributed by atoms with Gasteiger partial charge in [0.15, 0.2) is 0 Å². The Bertz CT molecular complexity index is 366. The molecule has 5 heteroatoms. The first-order valence-electron chi connectivity index (χ1n) is 7.16. The zero-order valence-corrected chi connectivity index (χ0v) is 12.2. The Morgan fingerprint density at radius 3 is 2.53 bits per heavy atom. The first-order valence-corrected chi connectivity index (χ1v) is 7.16. The van der Waals surface area contributed by atoms with Gasteiger partial charge >= 0.3 is 0 Å². The van der Waals surface area contributed by atoms with Crippen molar-refractivity contribution in [2.45, 2.75) is 63.7 Å². The number of ether oxygens (including phenoxy) is 1. The van der Waals surface area contributed by atoms with Crippen molar-refractivity contribution in [1.29, 1.82) is 0 Å². The van der Waals surface area contributed by atoms with Gasteiger partial charge in [0.2, 0.25) is 5.91 Å². The van der Waals surface area contributed by atoms with Crippen molar-refractivity contribution in [2.75, 3.05) is 13.2 Å². The molecule has 0 aromatic rings. The molecule has 0 radical (unpaired) electrons. The van der Waals surface area contributed by atoms with E-state index in [4.69, 9.17) is 10.5 Å². The van der Waals surface area contributed by atoms with Gasteiger partial charge in [-0.25, -0.2) is 0 Å². The summed E-state index contributed by atoms with van der Waals surface area (Å²) in [5, 5.41) is 12.8. The predicted octanol–water partition coefficient (Wildman–Crippen LogP) is 0.550. The average molecular weight is 270 g/mol. The molecule has 0 aliphatic heterocycles. The molecule has 110 valence electrons. The molecule has 2 atom stereocenters. The Morgan fingerprint density at radius 1 is 1.47 bits per heavy atom. The van der Waals surface area contributed by atoms with E-state index in [-0.39, 0.29) is 17.4 Å². The Kier molecular flexibility index (Phi) is 3.66. The minimum atomic E-state index is -0.896. The van der Waals surface area contributed by atoms with Crippen LogP contribution in [0.2, 0.25) is 0 Å². The van der Waals surface area contributed by atoms with E-state index >= 15 is 0 Å². The van der Waals surface area contributed by atoms with Crippen molar-refractivity contribution in [3.63, 3.8) is 0 Å². The molecule has 1 amide bonds. The van der Waals surface area contributed by atoms with E-state index in [9.17, 15) is 9.90 Å². The molecular weight excluding hydrogens is 244 g/mol. The van der Waals surface area contributed by atoms with Crippen LogP contribution >= 0.6 is 0 Å². The second-order valence-electron chi connectivity index (χ2n) is 6.60. The maximum Gasteiger partial charge on any atom is 0.240 e. The van der Waals surface area contributed by atoms with Gasteiger partial charge in [-0.2, -0.15) is 0 Å². The van der Waals surface area contributed by atoms with Crippen LogP contribution in [-0.2, 0) is 9.53 Å². The quantitative estimate of drug-likeness (QED) is 0.681. The number of hydrogen-bond donors (Lipinski definition) is 3. The summed E-state index contributed by atoms with van der Waals surface area (Å²) in [6.07, 6.45) is 3.11. The fraction of sp³-hybridized carbons (Fsp3) is 0.929. The maximum atomic E-state index is 12.3. The lowest BCUT2D eigenvalue weighted by Gasteiger charge is -2.57. The Hall–Kier alpha value is -0.650. The van der Waals surface area contributed by atoms with Gasteiger partial charge in [0, 0.05) is 25.0 Å². The van der Waals surface area contributed by atoms with Gasteiger partial charge in [-0.15, -0.1) is 0 Å². The number of amides is 1. The molecule has 2 unspecified atom stereocenters. The fourth-order valence-electron chi connectivity index (χ4n) is 2.98.